The Morgan fingerprint density at radius 1 is 0.714 bits per heavy atom. The van der Waals surface area contributed by atoms with Crippen molar-refractivity contribution in [2.24, 2.45) is 0 Å². The fourth-order valence-corrected chi connectivity index (χ4v) is 1.94. The summed E-state index contributed by atoms with van der Waals surface area (Å²) >= 11 is 0. The highest BCUT2D eigenvalue weighted by atomic mass is 79.9. The number of aryl methyl sites for hydroxylation is 2. The van der Waals surface area contributed by atoms with Gasteiger partial charge < -0.3 is 34.0 Å². The molecule has 0 amide bonds. The van der Waals surface area contributed by atoms with Gasteiger partial charge in [0.25, 0.3) is 0 Å². The molecule has 2 rings (SSSR count). The first-order valence-electron chi connectivity index (χ1n) is 6.55. The van der Waals surface area contributed by atoms with Gasteiger partial charge in [0.2, 0.25) is 0 Å². The first-order valence-corrected chi connectivity index (χ1v) is 6.55. The van der Waals surface area contributed by atoms with Crippen molar-refractivity contribution in [1.29, 1.82) is 0 Å². The van der Waals surface area contributed by atoms with Crippen molar-refractivity contribution in [3.63, 3.8) is 0 Å². The molecular weight excluding hydrogens is 392 g/mol. The number of nitrogens with zero attached hydrogens (tertiary/aromatic N) is 2. The van der Waals surface area contributed by atoms with Crippen LogP contribution in [0.5, 0.6) is 0 Å². The van der Waals surface area contributed by atoms with E-state index in [1.54, 1.807) is 0 Å². The van der Waals surface area contributed by atoms with Gasteiger partial charge in [-0.05, 0) is 11.1 Å². The summed E-state index contributed by atoms with van der Waals surface area (Å²) in [6.45, 7) is 9.56. The summed E-state index contributed by atoms with van der Waals surface area (Å²) in [6, 6.07) is 8.33. The highest BCUT2D eigenvalue weighted by molar-refractivity contribution is 5.44. The number of hydrogen-bond acceptors (Lipinski definition) is 0. The van der Waals surface area contributed by atoms with Crippen molar-refractivity contribution in [3.05, 3.63) is 73.3 Å². The molecule has 0 atom stereocenters. The van der Waals surface area contributed by atoms with Gasteiger partial charge in [0.15, 0.2) is 37.9 Å². The van der Waals surface area contributed by atoms with Crippen LogP contribution >= 0.6 is 0 Å². The smallest absolute Gasteiger partial charge is 0.169 e. The Morgan fingerprint density at radius 2 is 1.05 bits per heavy atom. The van der Waals surface area contributed by atoms with Crippen molar-refractivity contribution in [1.82, 2.24) is 0 Å². The quantitative estimate of drug-likeness (QED) is 0.439. The number of pyridine rings is 2. The van der Waals surface area contributed by atoms with E-state index in [1.807, 2.05) is 12.2 Å². The lowest BCUT2D eigenvalue weighted by molar-refractivity contribution is -0.726. The second-order valence-corrected chi connectivity index (χ2v) is 4.50. The summed E-state index contributed by atoms with van der Waals surface area (Å²) in [5, 5.41) is 0. The van der Waals surface area contributed by atoms with Crippen LogP contribution in [0, 0.1) is 0 Å². The molecule has 0 radical (unpaired) electrons. The third-order valence-electron chi connectivity index (χ3n) is 3.14. The van der Waals surface area contributed by atoms with E-state index in [2.05, 4.69) is 71.3 Å². The molecule has 21 heavy (non-hydrogen) atoms. The van der Waals surface area contributed by atoms with Crippen molar-refractivity contribution < 1.29 is 43.1 Å². The van der Waals surface area contributed by atoms with Crippen LogP contribution in [0.4, 0.5) is 0 Å². The van der Waals surface area contributed by atoms with E-state index in [1.165, 1.54) is 0 Å². The molecule has 112 valence electrons. The average Bonchev–Trinajstić information content (AvgIpc) is 2.49. The predicted molar refractivity (Wildman–Crippen MR) is 78.1 cm³/mol. The van der Waals surface area contributed by atoms with Crippen LogP contribution in [0.15, 0.2) is 62.2 Å². The second-order valence-electron chi connectivity index (χ2n) is 4.50. The van der Waals surface area contributed by atoms with Crippen molar-refractivity contribution in [2.45, 2.75) is 19.5 Å². The topological polar surface area (TPSA) is 7.76 Å². The van der Waals surface area contributed by atoms with Gasteiger partial charge in [-0.3, -0.25) is 0 Å². The van der Waals surface area contributed by atoms with Gasteiger partial charge >= 0.3 is 0 Å². The van der Waals surface area contributed by atoms with E-state index in [0.29, 0.717) is 0 Å². The van der Waals surface area contributed by atoms with Gasteiger partial charge in [-0.1, -0.05) is 25.3 Å². The molecule has 0 unspecified atom stereocenters. The first kappa shape index (κ1) is 19.7. The van der Waals surface area contributed by atoms with E-state index in [0.717, 1.165) is 30.6 Å². The van der Waals surface area contributed by atoms with Crippen LogP contribution in [0.1, 0.15) is 17.5 Å². The molecule has 4 heteroatoms. The van der Waals surface area contributed by atoms with Gasteiger partial charge in [-0.2, -0.15) is 0 Å². The molecule has 0 fully saturated rings. The van der Waals surface area contributed by atoms with E-state index in [9.17, 15) is 0 Å². The standard InChI is InChI=1S/C17H20N2.2BrH/c1-3-16-6-12-18(13-7-16)10-5-11-19-14-8-17(4-2)9-15-19;;/h3-4,6-9,12-15H,1-2,5,10-11H2;2*1H/q+2;;/p-2. The van der Waals surface area contributed by atoms with Gasteiger partial charge in [-0.25, -0.2) is 9.13 Å². The van der Waals surface area contributed by atoms with Gasteiger partial charge in [0, 0.05) is 24.3 Å². The molecule has 0 aliphatic carbocycles. The number of hydrogen-bond donors (Lipinski definition) is 0. The molecular formula is C17H20Br2N2. The number of rotatable bonds is 6. The first-order chi connectivity index (χ1) is 9.31. The van der Waals surface area contributed by atoms with Crippen LogP contribution in [-0.2, 0) is 13.1 Å². The molecule has 0 spiro atoms. The minimum Gasteiger partial charge on any atom is -1.00 e. The third-order valence-corrected chi connectivity index (χ3v) is 3.14. The zero-order valence-corrected chi connectivity index (χ0v) is 15.1. The van der Waals surface area contributed by atoms with Crippen molar-refractivity contribution >= 4 is 12.2 Å². The highest BCUT2D eigenvalue weighted by Crippen LogP contribution is 1.97. The Bertz CT molecular complexity index is 497. The fraction of sp³-hybridized carbons (Fsp3) is 0.176. The highest BCUT2D eigenvalue weighted by Gasteiger charge is 2.04. The molecule has 0 bridgehead atoms. The van der Waals surface area contributed by atoms with Crippen LogP contribution in [0.2, 0.25) is 0 Å². The maximum Gasteiger partial charge on any atom is 0.169 e. The largest absolute Gasteiger partial charge is 1.00 e. The molecule has 2 nitrogen and oxygen atoms in total. The van der Waals surface area contributed by atoms with Gasteiger partial charge in [0.05, 0.1) is 6.42 Å². The summed E-state index contributed by atoms with van der Waals surface area (Å²) in [5.41, 5.74) is 2.32. The zero-order chi connectivity index (χ0) is 13.5. The second kappa shape index (κ2) is 10.5. The minimum absolute atomic E-state index is 0. The van der Waals surface area contributed by atoms with E-state index in [-0.39, 0.29) is 34.0 Å². The van der Waals surface area contributed by atoms with Crippen molar-refractivity contribution in [2.75, 3.05) is 0 Å². The molecule has 0 saturated heterocycles. The van der Waals surface area contributed by atoms with E-state index in [4.69, 9.17) is 0 Å². The lowest BCUT2D eigenvalue weighted by Crippen LogP contribution is -3.00. The lowest BCUT2D eigenvalue weighted by Gasteiger charge is -1.97. The normalized spacial score (nSPS) is 9.14. The predicted octanol–water partition coefficient (Wildman–Crippen LogP) is -3.35. The molecule has 0 aliphatic heterocycles. The fourth-order valence-electron chi connectivity index (χ4n) is 1.94. The van der Waals surface area contributed by atoms with Gasteiger partial charge in [-0.15, -0.1) is 0 Å². The Kier molecular flexibility index (Phi) is 9.84. The summed E-state index contributed by atoms with van der Waals surface area (Å²) in [7, 11) is 0. The molecule has 0 aromatic carbocycles. The number of halogens is 2. The Morgan fingerprint density at radius 3 is 1.33 bits per heavy atom. The van der Waals surface area contributed by atoms with Crippen LogP contribution in [0.25, 0.3) is 12.2 Å². The maximum absolute atomic E-state index is 3.76. The molecule has 2 heterocycles. The monoisotopic (exact) mass is 410 g/mol. The molecule has 2 aromatic rings. The average molecular weight is 412 g/mol. The summed E-state index contributed by atoms with van der Waals surface area (Å²) in [5.74, 6) is 0. The zero-order valence-electron chi connectivity index (χ0n) is 12.0. The molecule has 0 aliphatic rings. The summed E-state index contributed by atoms with van der Waals surface area (Å²) in [4.78, 5) is 0. The van der Waals surface area contributed by atoms with Crippen LogP contribution < -0.4 is 43.1 Å². The van der Waals surface area contributed by atoms with E-state index < -0.39 is 0 Å². The molecule has 0 N–H and O–H groups in total. The van der Waals surface area contributed by atoms with Crippen molar-refractivity contribution in [3.8, 4) is 0 Å². The third kappa shape index (κ3) is 6.36. The molecule has 0 saturated carbocycles. The lowest BCUT2D eigenvalue weighted by atomic mass is 10.2. The van der Waals surface area contributed by atoms with E-state index >= 15 is 0 Å². The molecule has 2 aromatic heterocycles. The summed E-state index contributed by atoms with van der Waals surface area (Å²) < 4.78 is 4.40. The number of aromatic nitrogens is 2. The Balaban J connectivity index is 0.00000200. The SMILES string of the molecule is C=Cc1cc[n+](CCC[n+]2ccc(C=C)cc2)cc1.[Br-].[Br-]. The maximum atomic E-state index is 3.76. The Hall–Kier alpha value is -1.26. The van der Waals surface area contributed by atoms with Crippen LogP contribution in [-0.4, -0.2) is 0 Å². The Labute approximate surface area is 148 Å². The van der Waals surface area contributed by atoms with Crippen LogP contribution in [0.3, 0.4) is 0 Å². The van der Waals surface area contributed by atoms with Gasteiger partial charge in [0.1, 0.15) is 0 Å². The minimum atomic E-state index is 0. The summed E-state index contributed by atoms with van der Waals surface area (Å²) in [6.07, 6.45) is 13.2.